The molecule has 1 fully saturated rings. The maximum Gasteiger partial charge on any atom is 0.0208 e. The lowest BCUT2D eigenvalue weighted by molar-refractivity contribution is 0.517. The molecule has 1 heteroatoms. The standard InChI is InChI=1S/C13H21N/c1-10-6-7-14-9-12(10)8-11(2)13(3,4)5/h8,14H,1-2,6-7,9H2,3-5H3/b12-8-. The van der Waals surface area contributed by atoms with Crippen LogP contribution >= 0.6 is 0 Å². The Labute approximate surface area is 87.6 Å². The van der Waals surface area contributed by atoms with Gasteiger partial charge in [-0.25, -0.2) is 0 Å². The molecule has 0 atom stereocenters. The van der Waals surface area contributed by atoms with Crippen molar-refractivity contribution < 1.29 is 0 Å². The van der Waals surface area contributed by atoms with Crippen molar-refractivity contribution in [2.75, 3.05) is 13.1 Å². The van der Waals surface area contributed by atoms with Gasteiger partial charge in [-0.3, -0.25) is 0 Å². The number of nitrogens with one attached hydrogen (secondary N) is 1. The van der Waals surface area contributed by atoms with Gasteiger partial charge in [-0.05, 0) is 35.1 Å². The average Bonchev–Trinajstić information content (AvgIpc) is 2.07. The van der Waals surface area contributed by atoms with E-state index in [1.165, 1.54) is 16.7 Å². The quantitative estimate of drug-likeness (QED) is 0.671. The van der Waals surface area contributed by atoms with Gasteiger partial charge in [0.2, 0.25) is 0 Å². The minimum atomic E-state index is 0.157. The SMILES string of the molecule is C=C1CCNC/C1=C/C(=C)C(C)(C)C. The van der Waals surface area contributed by atoms with Crippen LogP contribution in [0.3, 0.4) is 0 Å². The van der Waals surface area contributed by atoms with Crippen molar-refractivity contribution in [1.82, 2.24) is 5.32 Å². The molecule has 0 aromatic rings. The Bertz CT molecular complexity index is 276. The Morgan fingerprint density at radius 3 is 2.57 bits per heavy atom. The zero-order valence-electron chi connectivity index (χ0n) is 9.61. The summed E-state index contributed by atoms with van der Waals surface area (Å²) in [4.78, 5) is 0. The van der Waals surface area contributed by atoms with Crippen molar-refractivity contribution in [2.24, 2.45) is 5.41 Å². The van der Waals surface area contributed by atoms with Crippen molar-refractivity contribution in [3.05, 3.63) is 36.0 Å². The van der Waals surface area contributed by atoms with Gasteiger partial charge in [-0.1, -0.05) is 40.0 Å². The summed E-state index contributed by atoms with van der Waals surface area (Å²) in [5.41, 5.74) is 3.91. The molecule has 14 heavy (non-hydrogen) atoms. The summed E-state index contributed by atoms with van der Waals surface area (Å²) in [6.07, 6.45) is 3.25. The predicted molar refractivity (Wildman–Crippen MR) is 63.3 cm³/mol. The van der Waals surface area contributed by atoms with Crippen LogP contribution in [0.2, 0.25) is 0 Å². The summed E-state index contributed by atoms with van der Waals surface area (Å²) < 4.78 is 0. The van der Waals surface area contributed by atoms with Crippen molar-refractivity contribution in [3.8, 4) is 0 Å². The van der Waals surface area contributed by atoms with E-state index in [2.05, 4.69) is 45.3 Å². The van der Waals surface area contributed by atoms with Crippen LogP contribution in [-0.4, -0.2) is 13.1 Å². The van der Waals surface area contributed by atoms with E-state index in [-0.39, 0.29) is 5.41 Å². The second-order valence-electron chi connectivity index (χ2n) is 4.98. The zero-order chi connectivity index (χ0) is 10.8. The van der Waals surface area contributed by atoms with Crippen LogP contribution in [0.5, 0.6) is 0 Å². The minimum Gasteiger partial charge on any atom is -0.312 e. The fraction of sp³-hybridized carbons (Fsp3) is 0.538. The van der Waals surface area contributed by atoms with Crippen LogP contribution in [-0.2, 0) is 0 Å². The molecule has 1 heterocycles. The van der Waals surface area contributed by atoms with Gasteiger partial charge in [-0.15, -0.1) is 0 Å². The second kappa shape index (κ2) is 4.14. The molecule has 78 valence electrons. The molecule has 0 spiro atoms. The molecule has 0 bridgehead atoms. The molecule has 0 radical (unpaired) electrons. The number of hydrogen-bond acceptors (Lipinski definition) is 1. The van der Waals surface area contributed by atoms with Crippen LogP contribution < -0.4 is 5.32 Å². The first-order valence-corrected chi connectivity index (χ1v) is 5.20. The van der Waals surface area contributed by atoms with Gasteiger partial charge < -0.3 is 5.32 Å². The van der Waals surface area contributed by atoms with E-state index < -0.39 is 0 Å². The Morgan fingerprint density at radius 2 is 2.07 bits per heavy atom. The monoisotopic (exact) mass is 191 g/mol. The lowest BCUT2D eigenvalue weighted by Crippen LogP contribution is -2.25. The van der Waals surface area contributed by atoms with E-state index in [1.54, 1.807) is 0 Å². The van der Waals surface area contributed by atoms with Crippen molar-refractivity contribution in [1.29, 1.82) is 0 Å². The highest BCUT2D eigenvalue weighted by Gasteiger charge is 2.15. The molecule has 1 saturated heterocycles. The van der Waals surface area contributed by atoms with E-state index in [9.17, 15) is 0 Å². The Morgan fingerprint density at radius 1 is 1.43 bits per heavy atom. The molecule has 0 aliphatic carbocycles. The summed E-state index contributed by atoms with van der Waals surface area (Å²) in [5, 5.41) is 3.35. The Balaban J connectivity index is 2.76. The van der Waals surface area contributed by atoms with Crippen LogP contribution in [0.1, 0.15) is 27.2 Å². The first-order valence-electron chi connectivity index (χ1n) is 5.20. The molecule has 0 saturated carbocycles. The summed E-state index contributed by atoms with van der Waals surface area (Å²) in [5.74, 6) is 0. The maximum atomic E-state index is 4.11. The van der Waals surface area contributed by atoms with Crippen LogP contribution in [0.25, 0.3) is 0 Å². The second-order valence-corrected chi connectivity index (χ2v) is 4.98. The zero-order valence-corrected chi connectivity index (χ0v) is 9.61. The molecule has 0 aromatic carbocycles. The first-order chi connectivity index (χ1) is 6.41. The van der Waals surface area contributed by atoms with E-state index in [0.29, 0.717) is 0 Å². The molecule has 0 amide bonds. The number of hydrogen-bond donors (Lipinski definition) is 1. The van der Waals surface area contributed by atoms with Crippen molar-refractivity contribution in [2.45, 2.75) is 27.2 Å². The lowest BCUT2D eigenvalue weighted by atomic mass is 9.85. The molecular weight excluding hydrogens is 170 g/mol. The van der Waals surface area contributed by atoms with Crippen LogP contribution in [0, 0.1) is 5.41 Å². The van der Waals surface area contributed by atoms with Gasteiger partial charge in [-0.2, -0.15) is 0 Å². The topological polar surface area (TPSA) is 12.0 Å². The normalized spacial score (nSPS) is 21.4. The molecule has 0 aromatic heterocycles. The average molecular weight is 191 g/mol. The molecule has 1 nitrogen and oxygen atoms in total. The Kier molecular flexibility index (Phi) is 3.33. The van der Waals surface area contributed by atoms with Gasteiger partial charge in [0.15, 0.2) is 0 Å². The highest BCUT2D eigenvalue weighted by Crippen LogP contribution is 2.27. The highest BCUT2D eigenvalue weighted by atomic mass is 14.9. The summed E-state index contributed by atoms with van der Waals surface area (Å²) in [7, 11) is 0. The number of piperidine rings is 1. The smallest absolute Gasteiger partial charge is 0.0208 e. The van der Waals surface area contributed by atoms with E-state index in [0.717, 1.165) is 19.5 Å². The number of rotatable bonds is 1. The first kappa shape index (κ1) is 11.3. The molecule has 1 N–H and O–H groups in total. The molecule has 1 rings (SSSR count). The summed E-state index contributed by atoms with van der Waals surface area (Å²) >= 11 is 0. The van der Waals surface area contributed by atoms with Crippen LogP contribution in [0.15, 0.2) is 36.0 Å². The fourth-order valence-corrected chi connectivity index (χ4v) is 1.33. The van der Waals surface area contributed by atoms with Crippen molar-refractivity contribution >= 4 is 0 Å². The molecular formula is C13H21N. The largest absolute Gasteiger partial charge is 0.312 e. The van der Waals surface area contributed by atoms with Crippen molar-refractivity contribution in [3.63, 3.8) is 0 Å². The Hall–Kier alpha value is -0.820. The molecule has 1 aliphatic rings. The summed E-state index contributed by atoms with van der Waals surface area (Å²) in [6, 6.07) is 0. The van der Waals surface area contributed by atoms with Gasteiger partial charge in [0.25, 0.3) is 0 Å². The third-order valence-electron chi connectivity index (χ3n) is 2.68. The predicted octanol–water partition coefficient (Wildman–Crippen LogP) is 3.06. The van der Waals surface area contributed by atoms with Gasteiger partial charge in [0.05, 0.1) is 0 Å². The van der Waals surface area contributed by atoms with E-state index in [4.69, 9.17) is 0 Å². The van der Waals surface area contributed by atoms with E-state index >= 15 is 0 Å². The summed E-state index contributed by atoms with van der Waals surface area (Å²) in [6.45, 7) is 16.7. The molecule has 0 unspecified atom stereocenters. The number of allylic oxidation sites excluding steroid dienone is 2. The van der Waals surface area contributed by atoms with Gasteiger partial charge in [0, 0.05) is 6.54 Å². The maximum absolute atomic E-state index is 4.11. The minimum absolute atomic E-state index is 0.157. The third kappa shape index (κ3) is 2.85. The molecule has 1 aliphatic heterocycles. The van der Waals surface area contributed by atoms with Crippen LogP contribution in [0.4, 0.5) is 0 Å². The van der Waals surface area contributed by atoms with E-state index in [1.807, 2.05) is 0 Å². The fourth-order valence-electron chi connectivity index (χ4n) is 1.33. The van der Waals surface area contributed by atoms with Gasteiger partial charge >= 0.3 is 0 Å². The third-order valence-corrected chi connectivity index (χ3v) is 2.68. The van der Waals surface area contributed by atoms with Gasteiger partial charge in [0.1, 0.15) is 0 Å². The highest BCUT2D eigenvalue weighted by molar-refractivity contribution is 5.38. The lowest BCUT2D eigenvalue weighted by Gasteiger charge is -2.23.